The number of benzene rings is 2. The Morgan fingerprint density at radius 3 is 2.58 bits per heavy atom. The van der Waals surface area contributed by atoms with Gasteiger partial charge < -0.3 is 24.8 Å². The van der Waals surface area contributed by atoms with Crippen LogP contribution in [0.5, 0.6) is 11.5 Å². The van der Waals surface area contributed by atoms with Crippen LogP contribution in [0.25, 0.3) is 0 Å². The van der Waals surface area contributed by atoms with Crippen molar-refractivity contribution in [3.63, 3.8) is 0 Å². The lowest BCUT2D eigenvalue weighted by Crippen LogP contribution is -2.46. The summed E-state index contributed by atoms with van der Waals surface area (Å²) in [6.45, 7) is 3.73. The molecule has 2 amide bonds. The fourth-order valence-electron chi connectivity index (χ4n) is 3.67. The summed E-state index contributed by atoms with van der Waals surface area (Å²) in [5, 5.41) is 5.80. The van der Waals surface area contributed by atoms with Gasteiger partial charge in [-0.3, -0.25) is 4.90 Å². The van der Waals surface area contributed by atoms with Crippen LogP contribution in [-0.4, -0.2) is 64.5 Å². The molecule has 0 bridgehead atoms. The van der Waals surface area contributed by atoms with Crippen molar-refractivity contribution in [2.24, 2.45) is 0 Å². The van der Waals surface area contributed by atoms with E-state index in [0.29, 0.717) is 44.2 Å². The molecule has 7 nitrogen and oxygen atoms in total. The summed E-state index contributed by atoms with van der Waals surface area (Å²) in [7, 11) is 3.21. The Hall–Kier alpha value is -2.84. The lowest BCUT2D eigenvalue weighted by Gasteiger charge is -2.35. The van der Waals surface area contributed by atoms with Crippen molar-refractivity contribution in [3.05, 3.63) is 59.4 Å². The summed E-state index contributed by atoms with van der Waals surface area (Å²) in [4.78, 5) is 14.6. The number of carbonyl (C=O) groups is 1. The zero-order chi connectivity index (χ0) is 22.1. The molecule has 8 heteroatoms. The number of methoxy groups -OCH3 is 2. The van der Waals surface area contributed by atoms with Crippen LogP contribution in [0, 0.1) is 5.82 Å². The SMILES string of the molecule is COc1ccc([C@@H](CNC(=O)NCCc2cccc(F)c2)N2CCOCC2)cc1OC. The van der Waals surface area contributed by atoms with E-state index < -0.39 is 0 Å². The maximum Gasteiger partial charge on any atom is 0.314 e. The molecule has 2 aromatic carbocycles. The van der Waals surface area contributed by atoms with Crippen LogP contribution in [0.4, 0.5) is 9.18 Å². The fraction of sp³-hybridized carbons (Fsp3) is 0.435. The van der Waals surface area contributed by atoms with Gasteiger partial charge >= 0.3 is 6.03 Å². The van der Waals surface area contributed by atoms with Crippen molar-refractivity contribution in [1.29, 1.82) is 0 Å². The van der Waals surface area contributed by atoms with Crippen LogP contribution in [0.2, 0.25) is 0 Å². The summed E-state index contributed by atoms with van der Waals surface area (Å²) in [5.74, 6) is 1.04. The molecule has 0 radical (unpaired) electrons. The largest absolute Gasteiger partial charge is 0.493 e. The third kappa shape index (κ3) is 6.57. The van der Waals surface area contributed by atoms with Crippen LogP contribution in [0.1, 0.15) is 17.2 Å². The molecule has 3 rings (SSSR count). The van der Waals surface area contributed by atoms with E-state index in [9.17, 15) is 9.18 Å². The summed E-state index contributed by atoms with van der Waals surface area (Å²) >= 11 is 0. The molecule has 1 atom stereocenters. The molecule has 1 aliphatic rings. The van der Waals surface area contributed by atoms with E-state index in [1.807, 2.05) is 24.3 Å². The molecule has 0 aliphatic carbocycles. The first-order valence-corrected chi connectivity index (χ1v) is 10.4. The van der Waals surface area contributed by atoms with Gasteiger partial charge in [-0.05, 0) is 41.8 Å². The van der Waals surface area contributed by atoms with Gasteiger partial charge in [-0.15, -0.1) is 0 Å². The molecular weight excluding hydrogens is 401 g/mol. The predicted molar refractivity (Wildman–Crippen MR) is 116 cm³/mol. The lowest BCUT2D eigenvalue weighted by atomic mass is 10.0. The second-order valence-electron chi connectivity index (χ2n) is 7.30. The number of hydrogen-bond acceptors (Lipinski definition) is 5. The minimum absolute atomic E-state index is 0.0299. The standard InChI is InChI=1S/C23H30FN3O4/c1-29-21-7-6-18(15-22(21)30-2)20(27-10-12-31-13-11-27)16-26-23(28)25-9-8-17-4-3-5-19(24)14-17/h3-7,14-15,20H,8-13,16H2,1-2H3,(H2,25,26,28)/t20-/m1/s1. The first kappa shape index (κ1) is 22.8. The summed E-state index contributed by atoms with van der Waals surface area (Å²) in [5.41, 5.74) is 1.87. The number of carbonyl (C=O) groups excluding carboxylic acids is 1. The Balaban J connectivity index is 1.60. The average Bonchev–Trinajstić information content (AvgIpc) is 2.80. The third-order valence-corrected chi connectivity index (χ3v) is 5.32. The van der Waals surface area contributed by atoms with Crippen molar-refractivity contribution in [3.8, 4) is 11.5 Å². The zero-order valence-electron chi connectivity index (χ0n) is 18.0. The Morgan fingerprint density at radius 1 is 1.10 bits per heavy atom. The van der Waals surface area contributed by atoms with Gasteiger partial charge in [0, 0.05) is 26.2 Å². The molecule has 168 valence electrons. The highest BCUT2D eigenvalue weighted by Gasteiger charge is 2.24. The van der Waals surface area contributed by atoms with Gasteiger partial charge in [0.25, 0.3) is 0 Å². The second-order valence-corrected chi connectivity index (χ2v) is 7.30. The predicted octanol–water partition coefficient (Wildman–Crippen LogP) is 2.76. The highest BCUT2D eigenvalue weighted by atomic mass is 19.1. The summed E-state index contributed by atoms with van der Waals surface area (Å²) in [6.07, 6.45) is 0.563. The van der Waals surface area contributed by atoms with Crippen LogP contribution in [0.15, 0.2) is 42.5 Å². The quantitative estimate of drug-likeness (QED) is 0.639. The molecule has 1 saturated heterocycles. The highest BCUT2D eigenvalue weighted by molar-refractivity contribution is 5.73. The van der Waals surface area contributed by atoms with E-state index in [2.05, 4.69) is 15.5 Å². The maximum atomic E-state index is 13.3. The van der Waals surface area contributed by atoms with Crippen molar-refractivity contribution in [2.45, 2.75) is 12.5 Å². The normalized spacial score (nSPS) is 15.2. The van der Waals surface area contributed by atoms with Crippen LogP contribution >= 0.6 is 0 Å². The molecule has 2 N–H and O–H groups in total. The molecule has 0 spiro atoms. The van der Waals surface area contributed by atoms with Gasteiger partial charge in [0.2, 0.25) is 0 Å². The van der Waals surface area contributed by atoms with E-state index in [0.717, 1.165) is 24.2 Å². The van der Waals surface area contributed by atoms with Gasteiger partial charge in [0.05, 0.1) is 33.5 Å². The summed E-state index contributed by atoms with van der Waals surface area (Å²) in [6, 6.07) is 11.9. The van der Waals surface area contributed by atoms with Crippen molar-refractivity contribution >= 4 is 6.03 Å². The number of nitrogens with zero attached hydrogens (tertiary/aromatic N) is 1. The van der Waals surface area contributed by atoms with E-state index in [-0.39, 0.29) is 17.9 Å². The molecule has 1 aliphatic heterocycles. The minimum atomic E-state index is -0.273. The molecule has 2 aromatic rings. The molecule has 1 heterocycles. The molecular formula is C23H30FN3O4. The van der Waals surface area contributed by atoms with Crippen molar-refractivity contribution in [2.75, 3.05) is 53.6 Å². The van der Waals surface area contributed by atoms with Crippen LogP contribution < -0.4 is 20.1 Å². The lowest BCUT2D eigenvalue weighted by molar-refractivity contribution is 0.0166. The van der Waals surface area contributed by atoms with Gasteiger partial charge in [0.1, 0.15) is 5.82 Å². The van der Waals surface area contributed by atoms with Crippen molar-refractivity contribution < 1.29 is 23.4 Å². The number of nitrogens with one attached hydrogen (secondary N) is 2. The average molecular weight is 432 g/mol. The third-order valence-electron chi connectivity index (χ3n) is 5.32. The van der Waals surface area contributed by atoms with Gasteiger partial charge in [-0.1, -0.05) is 18.2 Å². The number of hydrogen-bond donors (Lipinski definition) is 2. The van der Waals surface area contributed by atoms with E-state index >= 15 is 0 Å². The number of urea groups is 1. The molecule has 0 aromatic heterocycles. The van der Waals surface area contributed by atoms with Crippen LogP contribution in [-0.2, 0) is 11.2 Å². The van der Waals surface area contributed by atoms with Gasteiger partial charge in [-0.2, -0.15) is 0 Å². The Labute approximate surface area is 182 Å². The van der Waals surface area contributed by atoms with Crippen LogP contribution in [0.3, 0.4) is 0 Å². The maximum absolute atomic E-state index is 13.3. The Bertz CT molecular complexity index is 858. The highest BCUT2D eigenvalue weighted by Crippen LogP contribution is 2.32. The first-order chi connectivity index (χ1) is 15.1. The minimum Gasteiger partial charge on any atom is -0.493 e. The molecule has 31 heavy (non-hydrogen) atoms. The topological polar surface area (TPSA) is 72.1 Å². The number of ether oxygens (including phenoxy) is 3. The molecule has 0 saturated carbocycles. The number of rotatable bonds is 9. The number of amides is 2. The monoisotopic (exact) mass is 431 g/mol. The Kier molecular flexibility index (Phi) is 8.49. The number of halogens is 1. The number of morpholine rings is 1. The van der Waals surface area contributed by atoms with E-state index in [4.69, 9.17) is 14.2 Å². The first-order valence-electron chi connectivity index (χ1n) is 10.4. The molecule has 1 fully saturated rings. The Morgan fingerprint density at radius 2 is 1.87 bits per heavy atom. The molecule has 0 unspecified atom stereocenters. The summed E-state index contributed by atoms with van der Waals surface area (Å²) < 4.78 is 29.5. The zero-order valence-corrected chi connectivity index (χ0v) is 18.0. The smallest absolute Gasteiger partial charge is 0.314 e. The van der Waals surface area contributed by atoms with E-state index in [1.165, 1.54) is 12.1 Å². The van der Waals surface area contributed by atoms with Gasteiger partial charge in [0.15, 0.2) is 11.5 Å². The van der Waals surface area contributed by atoms with Gasteiger partial charge in [-0.25, -0.2) is 9.18 Å². The second kappa shape index (κ2) is 11.5. The van der Waals surface area contributed by atoms with Crippen molar-refractivity contribution in [1.82, 2.24) is 15.5 Å². The fourth-order valence-corrected chi connectivity index (χ4v) is 3.67. The van der Waals surface area contributed by atoms with E-state index in [1.54, 1.807) is 20.3 Å².